The highest BCUT2D eigenvalue weighted by atomic mass is 16.3. The van der Waals surface area contributed by atoms with Gasteiger partial charge in [-0.25, -0.2) is 0 Å². The molecule has 1 N–H and O–H groups in total. The van der Waals surface area contributed by atoms with Gasteiger partial charge in [-0.15, -0.1) is 0 Å². The number of benzene rings is 1. The molecule has 1 aromatic carbocycles. The van der Waals surface area contributed by atoms with Crippen LogP contribution in [0.5, 0.6) is 0 Å². The fourth-order valence-corrected chi connectivity index (χ4v) is 1.67. The third-order valence-electron chi connectivity index (χ3n) is 2.50. The molecule has 1 aromatic rings. The number of aliphatic hydroxyl groups excluding tert-OH is 1. The summed E-state index contributed by atoms with van der Waals surface area (Å²) >= 11 is 0. The average molecular weight is 221 g/mol. The van der Waals surface area contributed by atoms with Crippen molar-refractivity contribution in [2.45, 2.75) is 20.3 Å². The zero-order chi connectivity index (χ0) is 12.0. The van der Waals surface area contributed by atoms with Crippen molar-refractivity contribution >= 4 is 11.5 Å². The van der Waals surface area contributed by atoms with Crippen LogP contribution < -0.4 is 4.90 Å². The van der Waals surface area contributed by atoms with Gasteiger partial charge in [0.25, 0.3) is 0 Å². The van der Waals surface area contributed by atoms with Gasteiger partial charge in [-0.1, -0.05) is 6.92 Å². The summed E-state index contributed by atoms with van der Waals surface area (Å²) in [7, 11) is 0. The summed E-state index contributed by atoms with van der Waals surface area (Å²) in [5.74, 6) is 0.0794. The SMILES string of the molecule is CCCN(CCO)c1ccc(C(C)=O)cc1. The summed E-state index contributed by atoms with van der Waals surface area (Å²) < 4.78 is 0. The molecule has 0 spiro atoms. The summed E-state index contributed by atoms with van der Waals surface area (Å²) in [6.07, 6.45) is 1.04. The lowest BCUT2D eigenvalue weighted by Crippen LogP contribution is -2.27. The molecule has 3 heteroatoms. The molecule has 0 atom stereocenters. The Morgan fingerprint density at radius 1 is 1.25 bits per heavy atom. The predicted octanol–water partition coefficient (Wildman–Crippen LogP) is 2.10. The fourth-order valence-electron chi connectivity index (χ4n) is 1.67. The molecule has 0 saturated heterocycles. The van der Waals surface area contributed by atoms with E-state index in [4.69, 9.17) is 5.11 Å². The summed E-state index contributed by atoms with van der Waals surface area (Å²) in [4.78, 5) is 13.2. The van der Waals surface area contributed by atoms with Gasteiger partial charge in [-0.3, -0.25) is 4.79 Å². The number of rotatable bonds is 6. The van der Waals surface area contributed by atoms with Gasteiger partial charge >= 0.3 is 0 Å². The number of hydrogen-bond donors (Lipinski definition) is 1. The average Bonchev–Trinajstić information content (AvgIpc) is 2.29. The number of carbonyl (C=O) groups excluding carboxylic acids is 1. The molecular formula is C13H19NO2. The lowest BCUT2D eigenvalue weighted by Gasteiger charge is -2.23. The van der Waals surface area contributed by atoms with Crippen LogP contribution in [0.3, 0.4) is 0 Å². The van der Waals surface area contributed by atoms with Crippen LogP contribution in [0.15, 0.2) is 24.3 Å². The largest absolute Gasteiger partial charge is 0.395 e. The molecule has 0 bridgehead atoms. The van der Waals surface area contributed by atoms with Gasteiger partial charge in [-0.05, 0) is 37.6 Å². The maximum Gasteiger partial charge on any atom is 0.159 e. The van der Waals surface area contributed by atoms with Crippen molar-refractivity contribution in [2.24, 2.45) is 0 Å². The van der Waals surface area contributed by atoms with E-state index in [1.807, 2.05) is 24.3 Å². The van der Waals surface area contributed by atoms with Crippen molar-refractivity contribution in [3.05, 3.63) is 29.8 Å². The second kappa shape index (κ2) is 6.28. The molecule has 3 nitrogen and oxygen atoms in total. The molecule has 0 radical (unpaired) electrons. The van der Waals surface area contributed by atoms with E-state index in [-0.39, 0.29) is 12.4 Å². The van der Waals surface area contributed by atoms with E-state index < -0.39 is 0 Å². The standard InChI is InChI=1S/C13H19NO2/c1-3-8-14(9-10-15)13-6-4-12(5-7-13)11(2)16/h4-7,15H,3,8-10H2,1-2H3. The van der Waals surface area contributed by atoms with Crippen LogP contribution in [0, 0.1) is 0 Å². The van der Waals surface area contributed by atoms with Crippen molar-refractivity contribution in [3.63, 3.8) is 0 Å². The minimum atomic E-state index is 0.0794. The molecule has 0 aliphatic rings. The van der Waals surface area contributed by atoms with E-state index in [1.54, 1.807) is 6.92 Å². The Hall–Kier alpha value is -1.35. The van der Waals surface area contributed by atoms with Gasteiger partial charge < -0.3 is 10.0 Å². The Morgan fingerprint density at radius 2 is 1.88 bits per heavy atom. The maximum absolute atomic E-state index is 11.1. The number of ketones is 1. The molecule has 0 saturated carbocycles. The highest BCUT2D eigenvalue weighted by Gasteiger charge is 2.05. The van der Waals surface area contributed by atoms with Crippen molar-refractivity contribution in [3.8, 4) is 0 Å². The van der Waals surface area contributed by atoms with Gasteiger partial charge in [0.1, 0.15) is 0 Å². The van der Waals surface area contributed by atoms with E-state index in [0.717, 1.165) is 24.2 Å². The van der Waals surface area contributed by atoms with E-state index >= 15 is 0 Å². The van der Waals surface area contributed by atoms with Crippen LogP contribution in [0.1, 0.15) is 30.6 Å². The van der Waals surface area contributed by atoms with Crippen molar-refractivity contribution < 1.29 is 9.90 Å². The molecule has 0 amide bonds. The predicted molar refractivity (Wildman–Crippen MR) is 66.0 cm³/mol. The molecule has 0 aliphatic heterocycles. The smallest absolute Gasteiger partial charge is 0.159 e. The first-order valence-electron chi connectivity index (χ1n) is 5.65. The first-order chi connectivity index (χ1) is 7.69. The van der Waals surface area contributed by atoms with E-state index in [2.05, 4.69) is 11.8 Å². The maximum atomic E-state index is 11.1. The molecule has 0 aromatic heterocycles. The van der Waals surface area contributed by atoms with Gasteiger partial charge in [0.2, 0.25) is 0 Å². The number of nitrogens with zero attached hydrogens (tertiary/aromatic N) is 1. The number of Topliss-reactive ketones (excluding diaryl/α,β-unsaturated/α-hetero) is 1. The quantitative estimate of drug-likeness (QED) is 0.748. The topological polar surface area (TPSA) is 40.5 Å². The minimum absolute atomic E-state index is 0.0794. The van der Waals surface area contributed by atoms with E-state index in [9.17, 15) is 4.79 Å². The third kappa shape index (κ3) is 3.35. The monoisotopic (exact) mass is 221 g/mol. The zero-order valence-electron chi connectivity index (χ0n) is 9.94. The molecule has 16 heavy (non-hydrogen) atoms. The summed E-state index contributed by atoms with van der Waals surface area (Å²) in [5.41, 5.74) is 1.78. The van der Waals surface area contributed by atoms with Gasteiger partial charge in [0.15, 0.2) is 5.78 Å². The Bertz CT molecular complexity index is 326. The highest BCUT2D eigenvalue weighted by molar-refractivity contribution is 5.94. The minimum Gasteiger partial charge on any atom is -0.395 e. The van der Waals surface area contributed by atoms with Crippen molar-refractivity contribution in [1.82, 2.24) is 0 Å². The van der Waals surface area contributed by atoms with Crippen LogP contribution in [-0.2, 0) is 0 Å². The molecule has 88 valence electrons. The number of aliphatic hydroxyl groups is 1. The molecule has 0 unspecified atom stereocenters. The molecule has 0 heterocycles. The molecule has 0 fully saturated rings. The van der Waals surface area contributed by atoms with Crippen LogP contribution in [-0.4, -0.2) is 30.6 Å². The number of carbonyl (C=O) groups is 1. The Morgan fingerprint density at radius 3 is 2.31 bits per heavy atom. The van der Waals surface area contributed by atoms with Gasteiger partial charge in [0, 0.05) is 24.3 Å². The Kier molecular flexibility index (Phi) is 4.99. The number of anilines is 1. The second-order valence-corrected chi connectivity index (χ2v) is 3.81. The molecule has 0 aliphatic carbocycles. The van der Waals surface area contributed by atoms with Crippen LogP contribution in [0.25, 0.3) is 0 Å². The number of hydrogen-bond acceptors (Lipinski definition) is 3. The second-order valence-electron chi connectivity index (χ2n) is 3.81. The van der Waals surface area contributed by atoms with Gasteiger partial charge in [-0.2, -0.15) is 0 Å². The highest BCUT2D eigenvalue weighted by Crippen LogP contribution is 2.15. The molecule has 1 rings (SSSR count). The Labute approximate surface area is 96.7 Å². The van der Waals surface area contributed by atoms with Crippen LogP contribution in [0.4, 0.5) is 5.69 Å². The molecular weight excluding hydrogens is 202 g/mol. The summed E-state index contributed by atoms with van der Waals surface area (Å²) in [5, 5.41) is 8.97. The van der Waals surface area contributed by atoms with E-state index in [0.29, 0.717) is 6.54 Å². The summed E-state index contributed by atoms with van der Waals surface area (Å²) in [6, 6.07) is 7.53. The summed E-state index contributed by atoms with van der Waals surface area (Å²) in [6.45, 7) is 5.36. The van der Waals surface area contributed by atoms with Crippen LogP contribution >= 0.6 is 0 Å². The zero-order valence-corrected chi connectivity index (χ0v) is 9.94. The lowest BCUT2D eigenvalue weighted by molar-refractivity contribution is 0.101. The van der Waals surface area contributed by atoms with Crippen LogP contribution in [0.2, 0.25) is 0 Å². The third-order valence-corrected chi connectivity index (χ3v) is 2.50. The lowest BCUT2D eigenvalue weighted by atomic mass is 10.1. The van der Waals surface area contributed by atoms with E-state index in [1.165, 1.54) is 0 Å². The first kappa shape index (κ1) is 12.7. The Balaban J connectivity index is 2.80. The fraction of sp³-hybridized carbons (Fsp3) is 0.462. The van der Waals surface area contributed by atoms with Crippen molar-refractivity contribution in [1.29, 1.82) is 0 Å². The van der Waals surface area contributed by atoms with Crippen molar-refractivity contribution in [2.75, 3.05) is 24.6 Å². The normalized spacial score (nSPS) is 10.2. The first-order valence-corrected chi connectivity index (χ1v) is 5.65. The van der Waals surface area contributed by atoms with Gasteiger partial charge in [0.05, 0.1) is 6.61 Å².